The van der Waals surface area contributed by atoms with Crippen molar-refractivity contribution in [2.75, 3.05) is 6.61 Å². The van der Waals surface area contributed by atoms with Crippen LogP contribution in [0.1, 0.15) is 17.6 Å². The maximum atomic E-state index is 8.77. The zero-order valence-electron chi connectivity index (χ0n) is 7.00. The van der Waals surface area contributed by atoms with Gasteiger partial charge in [0.2, 0.25) is 5.01 Å². The average molecular weight is 172 g/mol. The third-order valence-electron chi connectivity index (χ3n) is 1.78. The van der Waals surface area contributed by atoms with Crippen LogP contribution < -0.4 is 4.57 Å². The number of aliphatic hydroxyl groups excluding tert-OH is 1. The summed E-state index contributed by atoms with van der Waals surface area (Å²) in [5.41, 5.74) is 1.32. The van der Waals surface area contributed by atoms with Crippen LogP contribution in [0.15, 0.2) is 5.38 Å². The van der Waals surface area contributed by atoms with Crippen molar-refractivity contribution in [1.82, 2.24) is 0 Å². The fraction of sp³-hybridized carbons (Fsp3) is 0.625. The van der Waals surface area contributed by atoms with Crippen molar-refractivity contribution >= 4 is 11.3 Å². The van der Waals surface area contributed by atoms with Gasteiger partial charge in [-0.3, -0.25) is 0 Å². The lowest BCUT2D eigenvalue weighted by molar-refractivity contribution is -0.705. The molecule has 1 aromatic rings. The molecule has 0 aliphatic carbocycles. The molecule has 0 spiro atoms. The van der Waals surface area contributed by atoms with Gasteiger partial charge in [0.15, 0.2) is 12.2 Å². The van der Waals surface area contributed by atoms with Crippen LogP contribution in [0.25, 0.3) is 0 Å². The van der Waals surface area contributed by atoms with Crippen LogP contribution >= 0.6 is 11.3 Å². The highest BCUT2D eigenvalue weighted by Gasteiger charge is 2.13. The van der Waals surface area contributed by atoms with Gasteiger partial charge in [-0.15, -0.1) is 0 Å². The number of nitrogens with zero attached hydrogens (tertiary/aromatic N) is 1. The first-order valence-electron chi connectivity index (χ1n) is 3.87. The van der Waals surface area contributed by atoms with E-state index in [1.807, 2.05) is 0 Å². The van der Waals surface area contributed by atoms with Gasteiger partial charge in [-0.2, -0.15) is 4.57 Å². The van der Waals surface area contributed by atoms with Crippen molar-refractivity contribution in [2.24, 2.45) is 0 Å². The van der Waals surface area contributed by atoms with E-state index in [0.717, 1.165) is 13.0 Å². The maximum absolute atomic E-state index is 8.77. The second kappa shape index (κ2) is 3.83. The Labute approximate surface area is 71.1 Å². The highest BCUT2D eigenvalue weighted by molar-refractivity contribution is 7.09. The third kappa shape index (κ3) is 1.79. The van der Waals surface area contributed by atoms with Crippen molar-refractivity contribution in [3.05, 3.63) is 16.1 Å². The molecule has 3 heteroatoms. The summed E-state index contributed by atoms with van der Waals surface area (Å²) in [5, 5.41) is 12.2. The van der Waals surface area contributed by atoms with Gasteiger partial charge in [-0.1, -0.05) is 18.3 Å². The Kier molecular flexibility index (Phi) is 3.02. The zero-order chi connectivity index (χ0) is 8.27. The number of rotatable bonds is 3. The Morgan fingerprint density at radius 2 is 2.36 bits per heavy atom. The van der Waals surface area contributed by atoms with Gasteiger partial charge in [0, 0.05) is 13.3 Å². The standard InChI is InChI=1S/C8H14NOS/c1-3-8-6-11-7(2)9(8)4-5-10/h6,10H,3-5H2,1-2H3/q+1. The molecule has 11 heavy (non-hydrogen) atoms. The van der Waals surface area contributed by atoms with Crippen LogP contribution in [0, 0.1) is 6.92 Å². The molecule has 0 bridgehead atoms. The lowest BCUT2D eigenvalue weighted by Crippen LogP contribution is -2.39. The van der Waals surface area contributed by atoms with Crippen molar-refractivity contribution in [3.63, 3.8) is 0 Å². The molecule has 1 aromatic heterocycles. The summed E-state index contributed by atoms with van der Waals surface area (Å²) < 4.78 is 2.17. The van der Waals surface area contributed by atoms with Crippen molar-refractivity contribution in [1.29, 1.82) is 0 Å². The van der Waals surface area contributed by atoms with Gasteiger partial charge >= 0.3 is 0 Å². The molecule has 0 saturated carbocycles. The quantitative estimate of drug-likeness (QED) is 0.673. The molecule has 0 amide bonds. The molecule has 1 heterocycles. The third-order valence-corrected chi connectivity index (χ3v) is 2.73. The van der Waals surface area contributed by atoms with Crippen molar-refractivity contribution in [2.45, 2.75) is 26.8 Å². The van der Waals surface area contributed by atoms with E-state index in [1.54, 1.807) is 11.3 Å². The van der Waals surface area contributed by atoms with Crippen LogP contribution in [0.2, 0.25) is 0 Å². The smallest absolute Gasteiger partial charge is 0.234 e. The summed E-state index contributed by atoms with van der Waals surface area (Å²) in [6.07, 6.45) is 1.05. The van der Waals surface area contributed by atoms with Gasteiger partial charge in [0.1, 0.15) is 6.61 Å². The summed E-state index contributed by atoms with van der Waals surface area (Å²) in [6, 6.07) is 0. The Morgan fingerprint density at radius 1 is 1.64 bits per heavy atom. The van der Waals surface area contributed by atoms with Gasteiger partial charge in [0.05, 0.1) is 5.38 Å². The summed E-state index contributed by atoms with van der Waals surface area (Å²) in [7, 11) is 0. The summed E-state index contributed by atoms with van der Waals surface area (Å²) >= 11 is 1.75. The first-order chi connectivity index (χ1) is 5.29. The number of aromatic nitrogens is 1. The fourth-order valence-corrected chi connectivity index (χ4v) is 2.09. The normalized spacial score (nSPS) is 10.5. The number of thiazole rings is 1. The van der Waals surface area contributed by atoms with Gasteiger partial charge in [-0.25, -0.2) is 0 Å². The first kappa shape index (κ1) is 8.68. The van der Waals surface area contributed by atoms with Crippen LogP contribution in [0.4, 0.5) is 0 Å². The van der Waals surface area contributed by atoms with Crippen molar-refractivity contribution < 1.29 is 9.67 Å². The molecular weight excluding hydrogens is 158 g/mol. The van der Waals surface area contributed by atoms with E-state index in [9.17, 15) is 0 Å². The van der Waals surface area contributed by atoms with E-state index in [1.165, 1.54) is 10.7 Å². The fourth-order valence-electron chi connectivity index (χ4n) is 1.16. The minimum absolute atomic E-state index is 0.231. The number of aryl methyl sites for hydroxylation is 2. The second-order valence-electron chi connectivity index (χ2n) is 2.47. The highest BCUT2D eigenvalue weighted by atomic mass is 32.1. The molecule has 2 nitrogen and oxygen atoms in total. The van der Waals surface area contributed by atoms with Gasteiger partial charge < -0.3 is 5.11 Å². The van der Waals surface area contributed by atoms with E-state index >= 15 is 0 Å². The van der Waals surface area contributed by atoms with Crippen LogP contribution in [0.5, 0.6) is 0 Å². The maximum Gasteiger partial charge on any atom is 0.234 e. The minimum Gasteiger partial charge on any atom is -0.390 e. The summed E-state index contributed by atoms with van der Waals surface area (Å²) in [4.78, 5) is 0. The number of hydrogen-bond acceptors (Lipinski definition) is 2. The molecule has 0 fully saturated rings. The molecule has 62 valence electrons. The number of aliphatic hydroxyl groups is 1. The van der Waals surface area contributed by atoms with Crippen LogP contribution in [-0.2, 0) is 13.0 Å². The average Bonchev–Trinajstić information content (AvgIpc) is 2.34. The van der Waals surface area contributed by atoms with E-state index in [0.29, 0.717) is 0 Å². The predicted molar refractivity (Wildman–Crippen MR) is 45.7 cm³/mol. The lowest BCUT2D eigenvalue weighted by atomic mass is 10.3. The minimum atomic E-state index is 0.231. The Bertz CT molecular complexity index is 232. The monoisotopic (exact) mass is 172 g/mol. The molecule has 0 unspecified atom stereocenters. The molecule has 0 aliphatic rings. The van der Waals surface area contributed by atoms with E-state index in [-0.39, 0.29) is 6.61 Å². The largest absolute Gasteiger partial charge is 0.390 e. The van der Waals surface area contributed by atoms with Gasteiger partial charge in [-0.05, 0) is 0 Å². The highest BCUT2D eigenvalue weighted by Crippen LogP contribution is 2.05. The predicted octanol–water partition coefficient (Wildman–Crippen LogP) is 0.899. The molecule has 0 radical (unpaired) electrons. The van der Waals surface area contributed by atoms with Crippen LogP contribution in [-0.4, -0.2) is 11.7 Å². The SMILES string of the molecule is CCc1csc(C)[n+]1CCO. The molecule has 1 N–H and O–H groups in total. The molecule has 0 atom stereocenters. The molecule has 0 aromatic carbocycles. The van der Waals surface area contributed by atoms with Crippen molar-refractivity contribution in [3.8, 4) is 0 Å². The van der Waals surface area contributed by atoms with Crippen LogP contribution in [0.3, 0.4) is 0 Å². The Hall–Kier alpha value is -0.410. The van der Waals surface area contributed by atoms with E-state index in [2.05, 4.69) is 23.8 Å². The lowest BCUT2D eigenvalue weighted by Gasteiger charge is -1.94. The summed E-state index contributed by atoms with van der Waals surface area (Å²) in [6.45, 7) is 5.18. The summed E-state index contributed by atoms with van der Waals surface area (Å²) in [5.74, 6) is 0. The molecule has 0 saturated heterocycles. The number of hydrogen-bond donors (Lipinski definition) is 1. The topological polar surface area (TPSA) is 24.1 Å². The first-order valence-corrected chi connectivity index (χ1v) is 4.75. The van der Waals surface area contributed by atoms with Gasteiger partial charge in [0.25, 0.3) is 0 Å². The zero-order valence-corrected chi connectivity index (χ0v) is 7.82. The molecular formula is C8H14NOS+. The molecule has 1 rings (SSSR count). The Morgan fingerprint density at radius 3 is 2.91 bits per heavy atom. The van der Waals surface area contributed by atoms with E-state index in [4.69, 9.17) is 5.11 Å². The molecule has 0 aliphatic heterocycles. The van der Waals surface area contributed by atoms with E-state index < -0.39 is 0 Å². The Balaban J connectivity index is 2.88. The second-order valence-corrected chi connectivity index (χ2v) is 3.54.